The highest BCUT2D eigenvalue weighted by Crippen LogP contribution is 2.26. The van der Waals surface area contributed by atoms with Gasteiger partial charge in [-0.25, -0.2) is 24.1 Å². The number of fused-ring (bicyclic) bond motifs is 1. The predicted octanol–water partition coefficient (Wildman–Crippen LogP) is 2.18. The summed E-state index contributed by atoms with van der Waals surface area (Å²) in [4.78, 5) is 12.5. The number of aromatic nitrogens is 9. The van der Waals surface area contributed by atoms with Crippen LogP contribution in [0.5, 0.6) is 5.75 Å². The highest BCUT2D eigenvalue weighted by molar-refractivity contribution is 5.68. The number of benzene rings is 1. The largest absolute Gasteiger partial charge is 0.489 e. The first-order valence-corrected chi connectivity index (χ1v) is 9.74. The molecule has 32 heavy (non-hydrogen) atoms. The highest BCUT2D eigenvalue weighted by Gasteiger charge is 2.14. The first-order chi connectivity index (χ1) is 15.7. The Morgan fingerprint density at radius 1 is 1.16 bits per heavy atom. The Balaban J connectivity index is 1.46. The van der Waals surface area contributed by atoms with Crippen molar-refractivity contribution in [1.29, 1.82) is 5.26 Å². The first-order valence-electron chi connectivity index (χ1n) is 9.74. The SMILES string of the molecule is C[C@@H](Cn1cnnn1)Oc1cccc(-c2ccc3ncc(-c4cncnc4C#N)n3n2)c1. The summed E-state index contributed by atoms with van der Waals surface area (Å²) in [5, 5.41) is 25.3. The van der Waals surface area contributed by atoms with Gasteiger partial charge in [0.05, 0.1) is 29.7 Å². The van der Waals surface area contributed by atoms with E-state index < -0.39 is 0 Å². The lowest BCUT2D eigenvalue weighted by Gasteiger charge is -2.15. The third-order valence-electron chi connectivity index (χ3n) is 4.76. The third kappa shape index (κ3) is 3.72. The predicted molar refractivity (Wildman–Crippen MR) is 112 cm³/mol. The fraction of sp³-hybridized carbons (Fsp3) is 0.143. The molecule has 1 aromatic carbocycles. The second kappa shape index (κ2) is 8.19. The fourth-order valence-electron chi connectivity index (χ4n) is 3.34. The lowest BCUT2D eigenvalue weighted by molar-refractivity contribution is 0.193. The molecule has 0 aliphatic heterocycles. The zero-order valence-corrected chi connectivity index (χ0v) is 16.9. The van der Waals surface area contributed by atoms with Crippen LogP contribution in [-0.2, 0) is 6.54 Å². The van der Waals surface area contributed by atoms with Crippen molar-refractivity contribution >= 4 is 5.65 Å². The number of ether oxygens (including phenoxy) is 1. The molecule has 0 fully saturated rings. The Labute approximate surface area is 182 Å². The normalized spacial score (nSPS) is 11.9. The van der Waals surface area contributed by atoms with Crippen LogP contribution < -0.4 is 4.74 Å². The molecule has 0 saturated carbocycles. The summed E-state index contributed by atoms with van der Waals surface area (Å²) in [7, 11) is 0. The van der Waals surface area contributed by atoms with Crippen LogP contribution in [0.15, 0.2) is 61.4 Å². The van der Waals surface area contributed by atoms with E-state index in [1.807, 2.05) is 43.3 Å². The zero-order valence-electron chi connectivity index (χ0n) is 16.9. The Hall–Kier alpha value is -4.72. The lowest BCUT2D eigenvalue weighted by atomic mass is 10.1. The molecule has 11 heteroatoms. The summed E-state index contributed by atoms with van der Waals surface area (Å²) < 4.78 is 9.33. The number of imidazole rings is 1. The van der Waals surface area contributed by atoms with Gasteiger partial charge >= 0.3 is 0 Å². The maximum atomic E-state index is 9.39. The van der Waals surface area contributed by atoms with Gasteiger partial charge in [0.15, 0.2) is 11.3 Å². The van der Waals surface area contributed by atoms with Crippen molar-refractivity contribution in [2.24, 2.45) is 0 Å². The van der Waals surface area contributed by atoms with E-state index in [2.05, 4.69) is 36.5 Å². The molecular formula is C21H16N10O. The maximum Gasteiger partial charge on any atom is 0.154 e. The van der Waals surface area contributed by atoms with Crippen molar-refractivity contribution in [2.45, 2.75) is 19.6 Å². The van der Waals surface area contributed by atoms with E-state index >= 15 is 0 Å². The van der Waals surface area contributed by atoms with Crippen molar-refractivity contribution < 1.29 is 4.74 Å². The summed E-state index contributed by atoms with van der Waals surface area (Å²) in [6.45, 7) is 2.48. The minimum Gasteiger partial charge on any atom is -0.489 e. The van der Waals surface area contributed by atoms with Gasteiger partial charge in [0.2, 0.25) is 0 Å². The summed E-state index contributed by atoms with van der Waals surface area (Å²) in [5.74, 6) is 0.707. The van der Waals surface area contributed by atoms with Gasteiger partial charge in [-0.3, -0.25) is 0 Å². The fourth-order valence-corrected chi connectivity index (χ4v) is 3.34. The van der Waals surface area contributed by atoms with Crippen molar-refractivity contribution in [3.8, 4) is 34.3 Å². The monoisotopic (exact) mass is 424 g/mol. The van der Waals surface area contributed by atoms with E-state index in [1.165, 1.54) is 6.33 Å². The molecule has 0 aliphatic rings. The summed E-state index contributed by atoms with van der Waals surface area (Å²) in [6.07, 6.45) is 6.01. The molecule has 0 N–H and O–H groups in total. The van der Waals surface area contributed by atoms with Gasteiger partial charge in [0, 0.05) is 11.8 Å². The number of hydrogen-bond acceptors (Lipinski definition) is 9. The van der Waals surface area contributed by atoms with Crippen LogP contribution in [0.25, 0.3) is 28.2 Å². The Morgan fingerprint density at radius 2 is 2.09 bits per heavy atom. The van der Waals surface area contributed by atoms with Gasteiger partial charge < -0.3 is 4.74 Å². The molecular weight excluding hydrogens is 408 g/mol. The van der Waals surface area contributed by atoms with Crippen LogP contribution in [0.2, 0.25) is 0 Å². The first kappa shape index (κ1) is 19.3. The molecule has 0 saturated heterocycles. The minimum atomic E-state index is -0.132. The van der Waals surface area contributed by atoms with Crippen LogP contribution in [-0.4, -0.2) is 50.9 Å². The van der Waals surface area contributed by atoms with Crippen LogP contribution >= 0.6 is 0 Å². The topological polar surface area (TPSA) is 133 Å². The molecule has 156 valence electrons. The molecule has 11 nitrogen and oxygen atoms in total. The third-order valence-corrected chi connectivity index (χ3v) is 4.76. The van der Waals surface area contributed by atoms with E-state index in [0.717, 1.165) is 11.3 Å². The van der Waals surface area contributed by atoms with Crippen LogP contribution in [0.3, 0.4) is 0 Å². The van der Waals surface area contributed by atoms with E-state index in [1.54, 1.807) is 27.9 Å². The van der Waals surface area contributed by atoms with Crippen molar-refractivity contribution in [1.82, 2.24) is 44.8 Å². The highest BCUT2D eigenvalue weighted by atomic mass is 16.5. The number of rotatable bonds is 6. The number of tetrazole rings is 1. The average molecular weight is 424 g/mol. The van der Waals surface area contributed by atoms with Crippen molar-refractivity contribution in [3.63, 3.8) is 0 Å². The number of hydrogen-bond donors (Lipinski definition) is 0. The summed E-state index contributed by atoms with van der Waals surface area (Å²) >= 11 is 0. The van der Waals surface area contributed by atoms with Gasteiger partial charge in [0.1, 0.15) is 30.6 Å². The van der Waals surface area contributed by atoms with Crippen molar-refractivity contribution in [3.05, 3.63) is 67.1 Å². The standard InChI is InChI=1S/C21H16N10O/c1-14(11-30-13-26-28-29-30)32-16-4-2-3-15(7-16)18-5-6-21-24-10-20(31(21)27-18)17-9-23-12-25-19(17)8-22/h2-7,9-10,12-14H,11H2,1H3/t14-/m0/s1. The van der Waals surface area contributed by atoms with Gasteiger partial charge in [-0.2, -0.15) is 10.4 Å². The van der Waals surface area contributed by atoms with Crippen LogP contribution in [0, 0.1) is 11.3 Å². The quantitative estimate of drug-likeness (QED) is 0.402. The zero-order chi connectivity index (χ0) is 21.9. The smallest absolute Gasteiger partial charge is 0.154 e. The van der Waals surface area contributed by atoms with Gasteiger partial charge in [-0.15, -0.1) is 5.10 Å². The minimum absolute atomic E-state index is 0.132. The second-order valence-electron chi connectivity index (χ2n) is 7.02. The Morgan fingerprint density at radius 3 is 2.94 bits per heavy atom. The summed E-state index contributed by atoms with van der Waals surface area (Å²) in [5.41, 5.74) is 3.73. The molecule has 0 unspecified atom stereocenters. The van der Waals surface area contributed by atoms with Crippen LogP contribution in [0.1, 0.15) is 12.6 Å². The van der Waals surface area contributed by atoms with Gasteiger partial charge in [0.25, 0.3) is 0 Å². The molecule has 0 aliphatic carbocycles. The van der Waals surface area contributed by atoms with E-state index in [9.17, 15) is 5.26 Å². The Bertz CT molecular complexity index is 1420. The molecule has 0 spiro atoms. The molecule has 5 rings (SSSR count). The average Bonchev–Trinajstić information content (AvgIpc) is 3.48. The van der Waals surface area contributed by atoms with E-state index in [-0.39, 0.29) is 11.8 Å². The van der Waals surface area contributed by atoms with Gasteiger partial charge in [-0.1, -0.05) is 12.1 Å². The second-order valence-corrected chi connectivity index (χ2v) is 7.02. The molecule has 4 heterocycles. The Kier molecular flexibility index (Phi) is 4.93. The summed E-state index contributed by atoms with van der Waals surface area (Å²) in [6, 6.07) is 13.5. The molecule has 0 amide bonds. The molecule has 5 aromatic rings. The van der Waals surface area contributed by atoms with Gasteiger partial charge in [-0.05, 0) is 41.6 Å². The molecule has 0 bridgehead atoms. The molecule has 4 aromatic heterocycles. The van der Waals surface area contributed by atoms with E-state index in [0.29, 0.717) is 29.2 Å². The molecule has 1 atom stereocenters. The number of nitriles is 1. The lowest BCUT2D eigenvalue weighted by Crippen LogP contribution is -2.20. The maximum absolute atomic E-state index is 9.39. The number of nitrogens with zero attached hydrogens (tertiary/aromatic N) is 10. The van der Waals surface area contributed by atoms with Crippen molar-refractivity contribution in [2.75, 3.05) is 0 Å². The van der Waals surface area contributed by atoms with Crippen LogP contribution in [0.4, 0.5) is 0 Å². The van der Waals surface area contributed by atoms with E-state index in [4.69, 9.17) is 9.84 Å². The molecule has 0 radical (unpaired) electrons.